The molecule has 0 fully saturated rings. The predicted octanol–water partition coefficient (Wildman–Crippen LogP) is 3.68. The van der Waals surface area contributed by atoms with Gasteiger partial charge in [-0.05, 0) is 65.7 Å². The smallest absolute Gasteiger partial charge is 0.279 e. The molecule has 128 valence electrons. The van der Waals surface area contributed by atoms with Crippen molar-refractivity contribution in [3.05, 3.63) is 57.0 Å². The van der Waals surface area contributed by atoms with Crippen LogP contribution in [0.4, 0.5) is 5.69 Å². The van der Waals surface area contributed by atoms with E-state index in [9.17, 15) is 4.79 Å². The minimum absolute atomic E-state index is 0.0832. The minimum atomic E-state index is -0.0832. The zero-order valence-corrected chi connectivity index (χ0v) is 16.2. The lowest BCUT2D eigenvalue weighted by Crippen LogP contribution is -2.86. The summed E-state index contributed by atoms with van der Waals surface area (Å²) in [6.45, 7) is 4.33. The largest absolute Gasteiger partial charge is 0.496 e. The van der Waals surface area contributed by atoms with E-state index >= 15 is 0 Å². The molecule has 0 spiro atoms. The Labute approximate surface area is 155 Å². The first-order chi connectivity index (χ1) is 11.4. The number of hydrogen-bond acceptors (Lipinski definition) is 2. The van der Waals surface area contributed by atoms with Gasteiger partial charge in [-0.25, -0.2) is 0 Å². The van der Waals surface area contributed by atoms with Gasteiger partial charge in [0.15, 0.2) is 6.54 Å². The van der Waals surface area contributed by atoms with Gasteiger partial charge in [-0.2, -0.15) is 0 Å². The maximum atomic E-state index is 12.1. The van der Waals surface area contributed by atoms with E-state index in [0.29, 0.717) is 17.3 Å². The fraction of sp³-hybridized carbons (Fsp3) is 0.278. The zero-order chi connectivity index (χ0) is 17.7. The van der Waals surface area contributed by atoms with Crippen LogP contribution >= 0.6 is 27.5 Å². The Morgan fingerprint density at radius 1 is 1.33 bits per heavy atom. The monoisotopic (exact) mass is 411 g/mol. The number of nitrogens with two attached hydrogens (primary N) is 1. The van der Waals surface area contributed by atoms with Crippen molar-refractivity contribution in [2.75, 3.05) is 19.0 Å². The molecule has 0 aromatic heterocycles. The molecule has 0 aliphatic rings. The maximum Gasteiger partial charge on any atom is 0.279 e. The number of aryl methyl sites for hydroxylation is 1. The number of methoxy groups -OCH3 is 1. The molecule has 24 heavy (non-hydrogen) atoms. The summed E-state index contributed by atoms with van der Waals surface area (Å²) in [5, 5.41) is 5.37. The lowest BCUT2D eigenvalue weighted by Gasteiger charge is -2.13. The second kappa shape index (κ2) is 8.51. The lowest BCUT2D eigenvalue weighted by atomic mass is 10.1. The Balaban J connectivity index is 1.92. The van der Waals surface area contributed by atoms with E-state index in [1.54, 1.807) is 7.11 Å². The number of ether oxygens (including phenoxy) is 1. The summed E-state index contributed by atoms with van der Waals surface area (Å²) in [4.78, 5) is 12.1. The van der Waals surface area contributed by atoms with Crippen LogP contribution in [-0.4, -0.2) is 19.6 Å². The molecular weight excluding hydrogens is 392 g/mol. The molecule has 0 saturated heterocycles. The van der Waals surface area contributed by atoms with Gasteiger partial charge in [0.2, 0.25) is 0 Å². The highest BCUT2D eigenvalue weighted by Gasteiger charge is 2.14. The van der Waals surface area contributed by atoms with Crippen molar-refractivity contribution in [3.8, 4) is 5.75 Å². The zero-order valence-electron chi connectivity index (χ0n) is 13.9. The van der Waals surface area contributed by atoms with Gasteiger partial charge in [0.25, 0.3) is 5.91 Å². The van der Waals surface area contributed by atoms with Gasteiger partial charge >= 0.3 is 0 Å². The molecule has 0 heterocycles. The minimum Gasteiger partial charge on any atom is -0.496 e. The van der Waals surface area contributed by atoms with Gasteiger partial charge in [0, 0.05) is 5.56 Å². The molecule has 1 amide bonds. The van der Waals surface area contributed by atoms with Gasteiger partial charge in [0.05, 0.1) is 22.3 Å². The van der Waals surface area contributed by atoms with Crippen LogP contribution in [0.3, 0.4) is 0 Å². The number of anilines is 1. The van der Waals surface area contributed by atoms with Gasteiger partial charge in [-0.1, -0.05) is 17.7 Å². The Morgan fingerprint density at radius 3 is 2.71 bits per heavy atom. The van der Waals surface area contributed by atoms with Crippen LogP contribution < -0.4 is 15.4 Å². The van der Waals surface area contributed by atoms with E-state index in [1.807, 2.05) is 48.6 Å². The molecular formula is C18H21BrClN2O2+. The fourth-order valence-electron chi connectivity index (χ4n) is 2.31. The number of carbonyl (C=O) groups excluding carboxylic acids is 1. The van der Waals surface area contributed by atoms with Crippen molar-refractivity contribution >= 4 is 39.1 Å². The first-order valence-corrected chi connectivity index (χ1v) is 8.80. The van der Waals surface area contributed by atoms with E-state index in [-0.39, 0.29) is 11.9 Å². The highest BCUT2D eigenvalue weighted by atomic mass is 79.9. The summed E-state index contributed by atoms with van der Waals surface area (Å²) in [5.41, 5.74) is 2.81. The average molecular weight is 413 g/mol. The second-order valence-corrected chi connectivity index (χ2v) is 6.92. The Bertz CT molecular complexity index is 737. The van der Waals surface area contributed by atoms with Crippen molar-refractivity contribution in [1.82, 2.24) is 0 Å². The number of quaternary nitrogens is 1. The van der Waals surface area contributed by atoms with Crippen molar-refractivity contribution < 1.29 is 14.8 Å². The van der Waals surface area contributed by atoms with Crippen molar-refractivity contribution in [3.63, 3.8) is 0 Å². The van der Waals surface area contributed by atoms with E-state index in [1.165, 1.54) is 0 Å². The van der Waals surface area contributed by atoms with E-state index in [4.69, 9.17) is 16.3 Å². The second-order valence-electron chi connectivity index (χ2n) is 5.65. The normalized spacial score (nSPS) is 11.9. The van der Waals surface area contributed by atoms with Gasteiger partial charge in [-0.3, -0.25) is 4.79 Å². The molecule has 2 aromatic carbocycles. The highest BCUT2D eigenvalue weighted by Crippen LogP contribution is 2.27. The van der Waals surface area contributed by atoms with Crippen LogP contribution in [0.15, 0.2) is 40.9 Å². The van der Waals surface area contributed by atoms with Gasteiger partial charge in [0.1, 0.15) is 11.8 Å². The summed E-state index contributed by atoms with van der Waals surface area (Å²) in [7, 11) is 1.63. The number of rotatable bonds is 6. The third-order valence-electron chi connectivity index (χ3n) is 3.76. The third kappa shape index (κ3) is 4.97. The molecule has 2 rings (SSSR count). The van der Waals surface area contributed by atoms with E-state index in [0.717, 1.165) is 21.3 Å². The quantitative estimate of drug-likeness (QED) is 0.760. The van der Waals surface area contributed by atoms with E-state index < -0.39 is 0 Å². The summed E-state index contributed by atoms with van der Waals surface area (Å²) in [6.07, 6.45) is 0. The maximum absolute atomic E-state index is 12.1. The number of hydrogen-bond donors (Lipinski definition) is 2. The molecule has 2 aromatic rings. The summed E-state index contributed by atoms with van der Waals surface area (Å²) in [6, 6.07) is 11.6. The lowest BCUT2D eigenvalue weighted by molar-refractivity contribution is -0.682. The fourth-order valence-corrected chi connectivity index (χ4v) is 3.15. The number of benzene rings is 2. The molecule has 0 aliphatic carbocycles. The number of amides is 1. The number of nitrogens with one attached hydrogen (secondary N) is 1. The molecule has 0 radical (unpaired) electrons. The SMILES string of the molecule is COc1ccc([C@@H](C)[NH2+]CC(=O)Nc2ccc(C)cc2Cl)cc1Br. The van der Waals surface area contributed by atoms with Gasteiger partial charge < -0.3 is 15.4 Å². The molecule has 6 heteroatoms. The Hall–Kier alpha value is -1.56. The van der Waals surface area contributed by atoms with Crippen LogP contribution in [0.5, 0.6) is 5.75 Å². The van der Waals surface area contributed by atoms with Crippen LogP contribution in [0, 0.1) is 6.92 Å². The molecule has 3 N–H and O–H groups in total. The van der Waals surface area contributed by atoms with Crippen LogP contribution in [0.2, 0.25) is 5.02 Å². The van der Waals surface area contributed by atoms with Crippen LogP contribution in [0.1, 0.15) is 24.1 Å². The number of halogens is 2. The molecule has 0 saturated carbocycles. The van der Waals surface area contributed by atoms with Crippen LogP contribution in [-0.2, 0) is 4.79 Å². The van der Waals surface area contributed by atoms with Crippen molar-refractivity contribution in [2.45, 2.75) is 19.9 Å². The van der Waals surface area contributed by atoms with Gasteiger partial charge in [-0.15, -0.1) is 0 Å². The van der Waals surface area contributed by atoms with E-state index in [2.05, 4.69) is 28.2 Å². The standard InChI is InChI=1S/C18H20BrClN2O2/c1-11-4-6-16(15(20)8-11)22-18(23)10-21-12(2)13-5-7-17(24-3)14(19)9-13/h4-9,12,21H,10H2,1-3H3,(H,22,23)/p+1/t12-/m1/s1. The Morgan fingerprint density at radius 2 is 2.08 bits per heavy atom. The van der Waals surface area contributed by atoms with Crippen molar-refractivity contribution in [1.29, 1.82) is 0 Å². The molecule has 0 unspecified atom stereocenters. The van der Waals surface area contributed by atoms with Crippen LogP contribution in [0.25, 0.3) is 0 Å². The summed E-state index contributed by atoms with van der Waals surface area (Å²) in [5.74, 6) is 0.706. The first-order valence-electron chi connectivity index (χ1n) is 7.63. The highest BCUT2D eigenvalue weighted by molar-refractivity contribution is 9.10. The first kappa shape index (κ1) is 18.8. The average Bonchev–Trinajstić information content (AvgIpc) is 2.55. The molecule has 0 aliphatic heterocycles. The van der Waals surface area contributed by atoms with Crippen molar-refractivity contribution in [2.24, 2.45) is 0 Å². The Kier molecular flexibility index (Phi) is 6.66. The third-order valence-corrected chi connectivity index (χ3v) is 4.69. The summed E-state index contributed by atoms with van der Waals surface area (Å²) >= 11 is 9.62. The topological polar surface area (TPSA) is 54.9 Å². The molecule has 1 atom stereocenters. The molecule has 0 bridgehead atoms. The summed E-state index contributed by atoms with van der Waals surface area (Å²) < 4.78 is 6.13. The number of carbonyl (C=O) groups is 1. The molecule has 4 nitrogen and oxygen atoms in total. The predicted molar refractivity (Wildman–Crippen MR) is 101 cm³/mol.